The van der Waals surface area contributed by atoms with Crippen molar-refractivity contribution >= 4 is 17.6 Å². The van der Waals surface area contributed by atoms with Gasteiger partial charge in [-0.1, -0.05) is 6.42 Å². The van der Waals surface area contributed by atoms with Gasteiger partial charge in [0.15, 0.2) is 0 Å². The molecule has 4 nitrogen and oxygen atoms in total. The van der Waals surface area contributed by atoms with Crippen LogP contribution in [0.4, 0.5) is 14.5 Å². The highest BCUT2D eigenvalue weighted by atomic mass is 19.1. The van der Waals surface area contributed by atoms with Crippen molar-refractivity contribution in [3.8, 4) is 0 Å². The molecule has 2 N–H and O–H groups in total. The summed E-state index contributed by atoms with van der Waals surface area (Å²) < 4.78 is 26.0. The Kier molecular flexibility index (Phi) is 4.32. The van der Waals surface area contributed by atoms with Gasteiger partial charge in [-0.2, -0.15) is 0 Å². The van der Waals surface area contributed by atoms with Gasteiger partial charge in [0.05, 0.1) is 5.92 Å². The first kappa shape index (κ1) is 14.4. The third-order valence-corrected chi connectivity index (χ3v) is 3.52. The second kappa shape index (κ2) is 5.98. The van der Waals surface area contributed by atoms with Crippen LogP contribution in [0.3, 0.4) is 0 Å². The van der Waals surface area contributed by atoms with Crippen LogP contribution < -0.4 is 5.32 Å². The summed E-state index contributed by atoms with van der Waals surface area (Å²) in [5.74, 6) is -3.79. The molecule has 1 aliphatic carbocycles. The van der Waals surface area contributed by atoms with Crippen LogP contribution in [0.2, 0.25) is 0 Å². The van der Waals surface area contributed by atoms with E-state index in [2.05, 4.69) is 5.32 Å². The van der Waals surface area contributed by atoms with Gasteiger partial charge >= 0.3 is 5.97 Å². The lowest BCUT2D eigenvalue weighted by Crippen LogP contribution is -2.31. The molecule has 1 saturated carbocycles. The summed E-state index contributed by atoms with van der Waals surface area (Å²) >= 11 is 0. The molecule has 20 heavy (non-hydrogen) atoms. The summed E-state index contributed by atoms with van der Waals surface area (Å²) in [6, 6.07) is 2.77. The number of hydrogen-bond donors (Lipinski definition) is 2. The molecule has 6 heteroatoms. The normalized spacial score (nSPS) is 22.3. The molecule has 0 radical (unpaired) electrons. The monoisotopic (exact) mass is 283 g/mol. The number of anilines is 1. The molecular formula is C14H15F2NO3. The van der Waals surface area contributed by atoms with E-state index in [1.165, 1.54) is 0 Å². The number of nitrogens with one attached hydrogen (secondary N) is 1. The van der Waals surface area contributed by atoms with Gasteiger partial charge in [0.1, 0.15) is 11.6 Å². The molecule has 0 heterocycles. The highest BCUT2D eigenvalue weighted by Gasteiger charge is 2.31. The number of hydrogen-bond acceptors (Lipinski definition) is 2. The van der Waals surface area contributed by atoms with Gasteiger partial charge in [-0.3, -0.25) is 9.59 Å². The molecule has 108 valence electrons. The van der Waals surface area contributed by atoms with Crippen LogP contribution in [0.25, 0.3) is 0 Å². The Labute approximate surface area is 114 Å². The van der Waals surface area contributed by atoms with Crippen LogP contribution in [-0.2, 0) is 9.59 Å². The SMILES string of the molecule is O=C(O)C1CCCC(C(=O)Nc2cc(F)cc(F)c2)C1. The summed E-state index contributed by atoms with van der Waals surface area (Å²) in [6.45, 7) is 0. The summed E-state index contributed by atoms with van der Waals surface area (Å²) in [6.07, 6.45) is 2.08. The van der Waals surface area contributed by atoms with Crippen LogP contribution in [0.1, 0.15) is 25.7 Å². The quantitative estimate of drug-likeness (QED) is 0.896. The van der Waals surface area contributed by atoms with E-state index in [0.29, 0.717) is 19.3 Å². The number of benzene rings is 1. The van der Waals surface area contributed by atoms with Gasteiger partial charge in [0.2, 0.25) is 5.91 Å². The Morgan fingerprint density at radius 2 is 1.70 bits per heavy atom. The number of rotatable bonds is 3. The fraction of sp³-hybridized carbons (Fsp3) is 0.429. The van der Waals surface area contributed by atoms with Crippen molar-refractivity contribution in [3.63, 3.8) is 0 Å². The number of carbonyl (C=O) groups is 2. The first-order valence-corrected chi connectivity index (χ1v) is 6.45. The lowest BCUT2D eigenvalue weighted by Gasteiger charge is -2.25. The molecule has 0 aliphatic heterocycles. The molecule has 0 aromatic heterocycles. The number of halogens is 2. The van der Waals surface area contributed by atoms with E-state index in [1.807, 2.05) is 0 Å². The highest BCUT2D eigenvalue weighted by molar-refractivity contribution is 5.93. The summed E-state index contributed by atoms with van der Waals surface area (Å²) in [4.78, 5) is 22.9. The molecule has 1 aromatic carbocycles. The van der Waals surface area contributed by atoms with E-state index in [1.54, 1.807) is 0 Å². The Morgan fingerprint density at radius 1 is 1.10 bits per heavy atom. The third-order valence-electron chi connectivity index (χ3n) is 3.52. The second-order valence-corrected chi connectivity index (χ2v) is 5.05. The highest BCUT2D eigenvalue weighted by Crippen LogP contribution is 2.30. The molecule has 1 fully saturated rings. The molecule has 0 spiro atoms. The molecule has 2 unspecified atom stereocenters. The Balaban J connectivity index is 2.02. The number of amides is 1. The summed E-state index contributed by atoms with van der Waals surface area (Å²) in [5, 5.41) is 11.4. The van der Waals surface area contributed by atoms with E-state index < -0.39 is 29.4 Å². The van der Waals surface area contributed by atoms with Crippen molar-refractivity contribution < 1.29 is 23.5 Å². The molecule has 1 aliphatic rings. The van der Waals surface area contributed by atoms with E-state index in [9.17, 15) is 18.4 Å². The van der Waals surface area contributed by atoms with Crippen molar-refractivity contribution in [1.29, 1.82) is 0 Å². The molecule has 0 bridgehead atoms. The zero-order chi connectivity index (χ0) is 14.7. The van der Waals surface area contributed by atoms with Gasteiger partial charge in [-0.05, 0) is 31.4 Å². The van der Waals surface area contributed by atoms with E-state index in [-0.39, 0.29) is 18.0 Å². The van der Waals surface area contributed by atoms with Gasteiger partial charge < -0.3 is 10.4 Å². The van der Waals surface area contributed by atoms with Crippen LogP contribution >= 0.6 is 0 Å². The Hall–Kier alpha value is -1.98. The van der Waals surface area contributed by atoms with Crippen LogP contribution in [-0.4, -0.2) is 17.0 Å². The van der Waals surface area contributed by atoms with Crippen molar-refractivity contribution in [3.05, 3.63) is 29.8 Å². The second-order valence-electron chi connectivity index (χ2n) is 5.05. The number of carbonyl (C=O) groups excluding carboxylic acids is 1. The predicted molar refractivity (Wildman–Crippen MR) is 68.1 cm³/mol. The van der Waals surface area contributed by atoms with Crippen LogP contribution in [0, 0.1) is 23.5 Å². The third kappa shape index (κ3) is 3.53. The van der Waals surface area contributed by atoms with Gasteiger partial charge in [0.25, 0.3) is 0 Å². The average Bonchev–Trinajstić information content (AvgIpc) is 2.37. The molecule has 2 rings (SSSR count). The van der Waals surface area contributed by atoms with Gasteiger partial charge in [-0.25, -0.2) is 8.78 Å². The Bertz CT molecular complexity index is 513. The molecule has 1 aromatic rings. The average molecular weight is 283 g/mol. The molecule has 1 amide bonds. The lowest BCUT2D eigenvalue weighted by atomic mass is 9.81. The van der Waals surface area contributed by atoms with Crippen molar-refractivity contribution in [2.75, 3.05) is 5.32 Å². The maximum absolute atomic E-state index is 13.0. The lowest BCUT2D eigenvalue weighted by molar-refractivity contribution is -0.143. The molecule has 2 atom stereocenters. The fourth-order valence-electron chi connectivity index (χ4n) is 2.52. The predicted octanol–water partition coefficient (Wildman–Crippen LogP) is 2.79. The zero-order valence-corrected chi connectivity index (χ0v) is 10.7. The van der Waals surface area contributed by atoms with Crippen molar-refractivity contribution in [1.82, 2.24) is 0 Å². The van der Waals surface area contributed by atoms with Gasteiger partial charge in [0, 0.05) is 17.7 Å². The fourth-order valence-corrected chi connectivity index (χ4v) is 2.52. The standard InChI is InChI=1S/C14H15F2NO3/c15-10-5-11(16)7-12(6-10)17-13(18)8-2-1-3-9(4-8)14(19)20/h5-9H,1-4H2,(H,17,18)(H,19,20). The van der Waals surface area contributed by atoms with Crippen molar-refractivity contribution in [2.24, 2.45) is 11.8 Å². The summed E-state index contributed by atoms with van der Waals surface area (Å²) in [7, 11) is 0. The van der Waals surface area contributed by atoms with Crippen molar-refractivity contribution in [2.45, 2.75) is 25.7 Å². The molecule has 0 saturated heterocycles. The zero-order valence-electron chi connectivity index (χ0n) is 10.7. The maximum Gasteiger partial charge on any atom is 0.306 e. The van der Waals surface area contributed by atoms with E-state index in [0.717, 1.165) is 18.2 Å². The maximum atomic E-state index is 13.0. The first-order valence-electron chi connectivity index (χ1n) is 6.45. The minimum absolute atomic E-state index is 0.0462. The van der Waals surface area contributed by atoms with Gasteiger partial charge in [-0.15, -0.1) is 0 Å². The Morgan fingerprint density at radius 3 is 2.30 bits per heavy atom. The summed E-state index contributed by atoms with van der Waals surface area (Å²) in [5.41, 5.74) is 0.0462. The smallest absolute Gasteiger partial charge is 0.306 e. The van der Waals surface area contributed by atoms with E-state index >= 15 is 0 Å². The number of aliphatic carboxylic acids is 1. The number of carboxylic acid groups (broad SMARTS) is 1. The van der Waals surface area contributed by atoms with E-state index in [4.69, 9.17) is 5.11 Å². The minimum Gasteiger partial charge on any atom is -0.481 e. The topological polar surface area (TPSA) is 66.4 Å². The first-order chi connectivity index (χ1) is 9.45. The largest absolute Gasteiger partial charge is 0.481 e. The van der Waals surface area contributed by atoms with Crippen LogP contribution in [0.15, 0.2) is 18.2 Å². The minimum atomic E-state index is -0.903. The number of carboxylic acids is 1. The molecular weight excluding hydrogens is 268 g/mol. The van der Waals surface area contributed by atoms with Crippen LogP contribution in [0.5, 0.6) is 0 Å².